The molecule has 0 saturated carbocycles. The van der Waals surface area contributed by atoms with Gasteiger partial charge in [-0.05, 0) is 69.2 Å². The van der Waals surface area contributed by atoms with E-state index >= 15 is 0 Å². The van der Waals surface area contributed by atoms with E-state index in [1.165, 1.54) is 6.42 Å². The molecule has 1 fully saturated rings. The summed E-state index contributed by atoms with van der Waals surface area (Å²) in [6.07, 6.45) is 7.05. The Bertz CT molecular complexity index is 1670. The second-order valence-corrected chi connectivity index (χ2v) is 12.8. The number of carbonyl (C=O) groups excluding carboxylic acids is 2. The fraction of sp³-hybridized carbons (Fsp3) is 0.455. The van der Waals surface area contributed by atoms with Gasteiger partial charge in [-0.2, -0.15) is 0 Å². The molecule has 4 heterocycles. The Balaban J connectivity index is 1.19. The minimum absolute atomic E-state index is 0.0292. The normalized spacial score (nSPS) is 21.7. The van der Waals surface area contributed by atoms with Crippen LogP contribution in [0.3, 0.4) is 0 Å². The van der Waals surface area contributed by atoms with Crippen molar-refractivity contribution in [3.8, 4) is 5.75 Å². The topological polar surface area (TPSA) is 127 Å². The van der Waals surface area contributed by atoms with E-state index in [1.807, 2.05) is 55.6 Å². The smallest absolute Gasteiger partial charge is 0.320 e. The first kappa shape index (κ1) is 29.4. The Labute approximate surface area is 257 Å². The van der Waals surface area contributed by atoms with Gasteiger partial charge in [0.1, 0.15) is 11.9 Å². The van der Waals surface area contributed by atoms with Crippen molar-refractivity contribution in [1.29, 1.82) is 0 Å². The standard InChI is InChI=1S/C33H38N8O3/c1-20-9-8-10-21(2)41(20)32-39-38-30-16-13-22(18-40(30)32)44-26-15-14-25(23-11-6-7-12-24(23)26)34-31(43)37-28-17-27(33(3,4)5)35-29(19-42)36-28/h6-7,11-12,17-21,25-26H,8-10,14-15H2,1-5H3,(H2,34,35,36,37,43). The van der Waals surface area contributed by atoms with Crippen molar-refractivity contribution in [1.82, 2.24) is 29.9 Å². The maximum absolute atomic E-state index is 13.1. The van der Waals surface area contributed by atoms with Gasteiger partial charge in [0.2, 0.25) is 11.6 Å². The van der Waals surface area contributed by atoms with Gasteiger partial charge < -0.3 is 15.0 Å². The number of hydrogen-bond donors (Lipinski definition) is 2. The monoisotopic (exact) mass is 594 g/mol. The number of hydrogen-bond acceptors (Lipinski definition) is 8. The van der Waals surface area contributed by atoms with E-state index in [4.69, 9.17) is 4.74 Å². The van der Waals surface area contributed by atoms with Crippen molar-refractivity contribution < 1.29 is 14.3 Å². The van der Waals surface area contributed by atoms with Crippen molar-refractivity contribution in [2.45, 2.75) is 96.4 Å². The molecule has 11 nitrogen and oxygen atoms in total. The Hall–Kier alpha value is -4.72. The molecule has 4 aromatic rings. The fourth-order valence-corrected chi connectivity index (χ4v) is 6.26. The summed E-state index contributed by atoms with van der Waals surface area (Å²) in [6.45, 7) is 10.4. The number of aromatic nitrogens is 5. The highest BCUT2D eigenvalue weighted by atomic mass is 16.5. The number of carbonyl (C=O) groups is 2. The van der Waals surface area contributed by atoms with Crippen LogP contribution in [-0.4, -0.2) is 49.0 Å². The highest BCUT2D eigenvalue weighted by molar-refractivity contribution is 5.89. The minimum atomic E-state index is -0.408. The number of ether oxygens (including phenoxy) is 1. The zero-order valence-electron chi connectivity index (χ0n) is 25.8. The van der Waals surface area contributed by atoms with E-state index in [2.05, 4.69) is 61.7 Å². The van der Waals surface area contributed by atoms with Gasteiger partial charge in [0, 0.05) is 23.6 Å². The Morgan fingerprint density at radius 1 is 1.02 bits per heavy atom. The number of benzene rings is 1. The second kappa shape index (κ2) is 11.8. The lowest BCUT2D eigenvalue weighted by Gasteiger charge is -2.38. The molecule has 1 aromatic carbocycles. The lowest BCUT2D eigenvalue weighted by Crippen LogP contribution is -2.44. The van der Waals surface area contributed by atoms with E-state index in [0.29, 0.717) is 48.3 Å². The maximum Gasteiger partial charge on any atom is 0.320 e. The third kappa shape index (κ3) is 5.89. The van der Waals surface area contributed by atoms with E-state index in [0.717, 1.165) is 29.9 Å². The molecular weight excluding hydrogens is 556 g/mol. The molecule has 1 saturated heterocycles. The minimum Gasteiger partial charge on any atom is -0.476 e. The summed E-state index contributed by atoms with van der Waals surface area (Å²) in [4.78, 5) is 35.3. The van der Waals surface area contributed by atoms with Crippen LogP contribution >= 0.6 is 0 Å². The first-order valence-corrected chi connectivity index (χ1v) is 15.3. The van der Waals surface area contributed by atoms with Gasteiger partial charge in [0.05, 0.1) is 17.9 Å². The number of urea groups is 1. The van der Waals surface area contributed by atoms with E-state index < -0.39 is 6.03 Å². The van der Waals surface area contributed by atoms with Crippen molar-refractivity contribution in [2.75, 3.05) is 10.2 Å². The summed E-state index contributed by atoms with van der Waals surface area (Å²) < 4.78 is 8.46. The lowest BCUT2D eigenvalue weighted by molar-refractivity contribution is 0.111. The zero-order valence-corrected chi connectivity index (χ0v) is 25.8. The quantitative estimate of drug-likeness (QED) is 0.269. The number of nitrogens with zero attached hydrogens (tertiary/aromatic N) is 6. The van der Waals surface area contributed by atoms with Crippen molar-refractivity contribution in [2.24, 2.45) is 0 Å². The predicted octanol–water partition coefficient (Wildman–Crippen LogP) is 5.77. The first-order chi connectivity index (χ1) is 21.1. The molecule has 1 aliphatic carbocycles. The van der Waals surface area contributed by atoms with Crippen LogP contribution in [0.15, 0.2) is 36.5 Å². The molecule has 3 aromatic heterocycles. The molecule has 0 radical (unpaired) electrons. The number of nitrogens with one attached hydrogen (secondary N) is 2. The van der Waals surface area contributed by atoms with E-state index in [1.54, 1.807) is 6.07 Å². The second-order valence-electron chi connectivity index (χ2n) is 12.8. The third-order valence-corrected chi connectivity index (χ3v) is 8.52. The number of rotatable bonds is 6. The van der Waals surface area contributed by atoms with Crippen LogP contribution in [0.1, 0.15) is 106 Å². The average molecular weight is 595 g/mol. The van der Waals surface area contributed by atoms with Gasteiger partial charge in [0.15, 0.2) is 17.9 Å². The summed E-state index contributed by atoms with van der Waals surface area (Å²) in [5.41, 5.74) is 2.94. The van der Waals surface area contributed by atoms with Gasteiger partial charge in [-0.15, -0.1) is 10.2 Å². The van der Waals surface area contributed by atoms with Crippen LogP contribution in [0, 0.1) is 12.1 Å². The van der Waals surface area contributed by atoms with Gasteiger partial charge in [-0.1, -0.05) is 45.0 Å². The zero-order chi connectivity index (χ0) is 31.0. The maximum atomic E-state index is 13.1. The number of amides is 2. The van der Waals surface area contributed by atoms with E-state index in [-0.39, 0.29) is 29.2 Å². The molecule has 6 rings (SSSR count). The Morgan fingerprint density at radius 2 is 1.77 bits per heavy atom. The molecule has 11 heteroatoms. The Kier molecular flexibility index (Phi) is 7.84. The third-order valence-electron chi connectivity index (χ3n) is 8.52. The molecule has 44 heavy (non-hydrogen) atoms. The van der Waals surface area contributed by atoms with Gasteiger partial charge >= 0.3 is 6.03 Å². The molecule has 4 unspecified atom stereocenters. The van der Waals surface area contributed by atoms with Gasteiger partial charge in [0.25, 0.3) is 0 Å². The molecule has 2 amide bonds. The molecule has 0 bridgehead atoms. The van der Waals surface area contributed by atoms with Crippen molar-refractivity contribution >= 4 is 29.7 Å². The Morgan fingerprint density at radius 3 is 2.50 bits per heavy atom. The van der Waals surface area contributed by atoms with Crippen LogP contribution in [0.4, 0.5) is 16.6 Å². The molecule has 2 N–H and O–H groups in total. The fourth-order valence-electron chi connectivity index (χ4n) is 6.26. The van der Waals surface area contributed by atoms with Crippen LogP contribution < -0.4 is 20.3 Å². The van der Waals surface area contributed by atoms with Crippen LogP contribution in [-0.2, 0) is 5.41 Å². The highest BCUT2D eigenvalue weighted by Gasteiger charge is 2.31. The lowest BCUT2D eigenvalue weighted by atomic mass is 9.85. The summed E-state index contributed by atoms with van der Waals surface area (Å²) in [7, 11) is 0. The number of piperidine rings is 1. The highest BCUT2D eigenvalue weighted by Crippen LogP contribution is 2.39. The predicted molar refractivity (Wildman–Crippen MR) is 166 cm³/mol. The molecular formula is C33H38N8O3. The summed E-state index contributed by atoms with van der Waals surface area (Å²) in [5.74, 6) is 1.66. The van der Waals surface area contributed by atoms with Gasteiger partial charge in [-0.25, -0.2) is 14.8 Å². The largest absolute Gasteiger partial charge is 0.476 e. The molecule has 0 spiro atoms. The SMILES string of the molecule is CC1CCCC(C)N1c1nnc2c#cc(OC3CCC(NC(=O)Nc4cc(C(C)(C)C)nc(C=O)n4)c4ccccc43)cn12. The average Bonchev–Trinajstić information content (AvgIpc) is 3.40. The molecule has 4 atom stereocenters. The summed E-state index contributed by atoms with van der Waals surface area (Å²) >= 11 is 0. The van der Waals surface area contributed by atoms with Crippen LogP contribution in [0.2, 0.25) is 0 Å². The van der Waals surface area contributed by atoms with Gasteiger partial charge in [-0.3, -0.25) is 14.5 Å². The van der Waals surface area contributed by atoms with Crippen LogP contribution in [0.5, 0.6) is 5.75 Å². The number of fused-ring (bicyclic) bond motifs is 2. The molecule has 228 valence electrons. The van der Waals surface area contributed by atoms with Crippen molar-refractivity contribution in [3.05, 3.63) is 71.3 Å². The van der Waals surface area contributed by atoms with E-state index in [9.17, 15) is 9.59 Å². The van der Waals surface area contributed by atoms with Crippen LogP contribution in [0.25, 0.3) is 5.65 Å². The molecule has 1 aliphatic heterocycles. The summed E-state index contributed by atoms with van der Waals surface area (Å²) in [5, 5.41) is 14.7. The van der Waals surface area contributed by atoms with Crippen molar-refractivity contribution in [3.63, 3.8) is 0 Å². The number of anilines is 2. The number of aldehydes is 1. The molecule has 2 aliphatic rings. The first-order valence-electron chi connectivity index (χ1n) is 15.3. The summed E-state index contributed by atoms with van der Waals surface area (Å²) in [6, 6.07) is 16.0.